The Hall–Kier alpha value is -1.76. The molecule has 1 aliphatic heterocycles. The summed E-state index contributed by atoms with van der Waals surface area (Å²) in [6.45, 7) is 2.85. The van der Waals surface area contributed by atoms with Crippen molar-refractivity contribution in [1.29, 1.82) is 0 Å². The lowest BCUT2D eigenvalue weighted by Gasteiger charge is -2.19. The van der Waals surface area contributed by atoms with Crippen LogP contribution < -0.4 is 14.2 Å². The van der Waals surface area contributed by atoms with E-state index in [9.17, 15) is 8.42 Å². The number of ether oxygens (including phenoxy) is 2. The molecule has 2 aromatic rings. The number of halogens is 1. The van der Waals surface area contributed by atoms with E-state index in [2.05, 4.69) is 4.72 Å². The van der Waals surface area contributed by atoms with Gasteiger partial charge in [-0.25, -0.2) is 13.1 Å². The van der Waals surface area contributed by atoms with Crippen molar-refractivity contribution >= 4 is 21.6 Å². The quantitative estimate of drug-likeness (QED) is 0.918. The molecule has 3 rings (SSSR count). The second-order valence-corrected chi connectivity index (χ2v) is 7.31. The molecule has 23 heavy (non-hydrogen) atoms. The Bertz CT molecular complexity index is 836. The molecule has 0 saturated heterocycles. The molecule has 0 atom stereocenters. The number of rotatable bonds is 4. The first kappa shape index (κ1) is 16.1. The van der Waals surface area contributed by atoms with E-state index in [1.807, 2.05) is 0 Å². The van der Waals surface area contributed by atoms with Crippen LogP contribution in [-0.4, -0.2) is 21.6 Å². The maximum Gasteiger partial charge on any atom is 0.241 e. The monoisotopic (exact) mass is 353 g/mol. The zero-order valence-corrected chi connectivity index (χ0v) is 14.1. The third-order valence-corrected chi connectivity index (χ3v) is 5.54. The van der Waals surface area contributed by atoms with Gasteiger partial charge in [0, 0.05) is 11.6 Å². The van der Waals surface area contributed by atoms with Crippen molar-refractivity contribution in [1.82, 2.24) is 4.72 Å². The van der Waals surface area contributed by atoms with Gasteiger partial charge in [-0.2, -0.15) is 0 Å². The molecule has 7 heteroatoms. The Kier molecular flexibility index (Phi) is 4.48. The summed E-state index contributed by atoms with van der Waals surface area (Å²) >= 11 is 5.99. The molecule has 0 aliphatic carbocycles. The predicted octanol–water partition coefficient (Wildman–Crippen LogP) is 2.90. The Morgan fingerprint density at radius 2 is 1.87 bits per heavy atom. The van der Waals surface area contributed by atoms with Gasteiger partial charge in [-0.3, -0.25) is 0 Å². The van der Waals surface area contributed by atoms with Gasteiger partial charge < -0.3 is 9.47 Å². The van der Waals surface area contributed by atoms with Crippen LogP contribution in [0.3, 0.4) is 0 Å². The highest BCUT2D eigenvalue weighted by Gasteiger charge is 2.18. The van der Waals surface area contributed by atoms with Crippen LogP contribution in [0.2, 0.25) is 5.02 Å². The molecule has 1 heterocycles. The van der Waals surface area contributed by atoms with Crippen molar-refractivity contribution in [3.05, 3.63) is 52.5 Å². The van der Waals surface area contributed by atoms with Crippen molar-refractivity contribution < 1.29 is 17.9 Å². The summed E-state index contributed by atoms with van der Waals surface area (Å²) in [5.41, 5.74) is 1.32. The van der Waals surface area contributed by atoms with E-state index in [1.165, 1.54) is 6.07 Å². The van der Waals surface area contributed by atoms with Crippen LogP contribution in [0.1, 0.15) is 11.1 Å². The smallest absolute Gasteiger partial charge is 0.241 e. The van der Waals surface area contributed by atoms with E-state index in [-0.39, 0.29) is 11.4 Å². The molecule has 2 aromatic carbocycles. The fraction of sp³-hybridized carbons (Fsp3) is 0.250. The van der Waals surface area contributed by atoms with E-state index in [1.54, 1.807) is 37.3 Å². The zero-order chi connectivity index (χ0) is 16.4. The van der Waals surface area contributed by atoms with Crippen LogP contribution in [0.15, 0.2) is 41.3 Å². The fourth-order valence-electron chi connectivity index (χ4n) is 2.33. The van der Waals surface area contributed by atoms with Crippen LogP contribution in [0.25, 0.3) is 0 Å². The molecule has 0 saturated carbocycles. The maximum absolute atomic E-state index is 12.4. The van der Waals surface area contributed by atoms with E-state index < -0.39 is 10.0 Å². The molecule has 1 N–H and O–H groups in total. The minimum absolute atomic E-state index is 0.158. The number of hydrogen-bond donors (Lipinski definition) is 1. The summed E-state index contributed by atoms with van der Waals surface area (Å²) in [7, 11) is -3.64. The number of hydrogen-bond acceptors (Lipinski definition) is 4. The van der Waals surface area contributed by atoms with Gasteiger partial charge in [0.2, 0.25) is 10.0 Å². The molecule has 5 nitrogen and oxygen atoms in total. The molecule has 0 fully saturated rings. The van der Waals surface area contributed by atoms with Crippen LogP contribution in [-0.2, 0) is 16.6 Å². The van der Waals surface area contributed by atoms with Gasteiger partial charge >= 0.3 is 0 Å². The lowest BCUT2D eigenvalue weighted by molar-refractivity contribution is 0.171. The van der Waals surface area contributed by atoms with E-state index >= 15 is 0 Å². The van der Waals surface area contributed by atoms with Gasteiger partial charge in [0.15, 0.2) is 11.5 Å². The third-order valence-electron chi connectivity index (χ3n) is 3.58. The Morgan fingerprint density at radius 3 is 2.65 bits per heavy atom. The number of sulfonamides is 1. The van der Waals surface area contributed by atoms with Gasteiger partial charge in [0.05, 0.1) is 4.90 Å². The van der Waals surface area contributed by atoms with Crippen molar-refractivity contribution in [2.45, 2.75) is 18.4 Å². The van der Waals surface area contributed by atoms with Crippen LogP contribution in [0.4, 0.5) is 0 Å². The topological polar surface area (TPSA) is 64.6 Å². The van der Waals surface area contributed by atoms with Gasteiger partial charge in [-0.15, -0.1) is 0 Å². The maximum atomic E-state index is 12.4. The second-order valence-electron chi connectivity index (χ2n) is 5.17. The first-order valence-corrected chi connectivity index (χ1v) is 8.97. The molecular formula is C16H16ClNO4S. The lowest BCUT2D eigenvalue weighted by Crippen LogP contribution is -2.24. The van der Waals surface area contributed by atoms with Crippen molar-refractivity contribution in [2.24, 2.45) is 0 Å². The Balaban J connectivity index is 1.78. The van der Waals surface area contributed by atoms with Gasteiger partial charge in [-0.05, 0) is 42.3 Å². The van der Waals surface area contributed by atoms with E-state index in [0.717, 1.165) is 5.56 Å². The van der Waals surface area contributed by atoms with E-state index in [0.29, 0.717) is 35.3 Å². The normalized spacial score (nSPS) is 13.8. The minimum Gasteiger partial charge on any atom is -0.486 e. The molecule has 1 aliphatic rings. The predicted molar refractivity (Wildman–Crippen MR) is 87.6 cm³/mol. The van der Waals surface area contributed by atoms with Gasteiger partial charge in [0.1, 0.15) is 13.2 Å². The van der Waals surface area contributed by atoms with Gasteiger partial charge in [-0.1, -0.05) is 23.7 Å². The molecule has 0 bridgehead atoms. The molecule has 122 valence electrons. The fourth-order valence-corrected chi connectivity index (χ4v) is 3.85. The largest absolute Gasteiger partial charge is 0.486 e. The summed E-state index contributed by atoms with van der Waals surface area (Å²) in [6, 6.07) is 10.2. The molecule has 0 aromatic heterocycles. The number of benzene rings is 2. The number of fused-ring (bicyclic) bond motifs is 1. The number of nitrogens with one attached hydrogen (secondary N) is 1. The first-order valence-electron chi connectivity index (χ1n) is 7.11. The minimum atomic E-state index is -3.64. The van der Waals surface area contributed by atoms with Crippen molar-refractivity contribution in [3.63, 3.8) is 0 Å². The standard InChI is InChI=1S/C16H16ClNO4S/c1-11-13(17)3-2-4-16(11)23(19,20)18-10-12-5-6-14-15(9-12)22-8-7-21-14/h2-6,9,18H,7-8,10H2,1H3. The summed E-state index contributed by atoms with van der Waals surface area (Å²) < 4.78 is 38.4. The van der Waals surface area contributed by atoms with Crippen LogP contribution >= 0.6 is 11.6 Å². The van der Waals surface area contributed by atoms with Crippen molar-refractivity contribution in [3.8, 4) is 11.5 Å². The van der Waals surface area contributed by atoms with Crippen molar-refractivity contribution in [2.75, 3.05) is 13.2 Å². The lowest BCUT2D eigenvalue weighted by atomic mass is 10.2. The Labute approximate surface area is 140 Å². The summed E-state index contributed by atoms with van der Waals surface area (Å²) in [4.78, 5) is 0.183. The van der Waals surface area contributed by atoms with Crippen LogP contribution in [0, 0.1) is 6.92 Å². The van der Waals surface area contributed by atoms with Gasteiger partial charge in [0.25, 0.3) is 0 Å². The summed E-state index contributed by atoms with van der Waals surface area (Å²) in [5, 5.41) is 0.423. The highest BCUT2D eigenvalue weighted by atomic mass is 35.5. The zero-order valence-electron chi connectivity index (χ0n) is 12.5. The van der Waals surface area contributed by atoms with Crippen LogP contribution in [0.5, 0.6) is 11.5 Å². The third kappa shape index (κ3) is 3.44. The highest BCUT2D eigenvalue weighted by Crippen LogP contribution is 2.31. The van der Waals surface area contributed by atoms with E-state index in [4.69, 9.17) is 21.1 Å². The Morgan fingerprint density at radius 1 is 1.13 bits per heavy atom. The molecule has 0 unspecified atom stereocenters. The average Bonchev–Trinajstić information content (AvgIpc) is 2.55. The average molecular weight is 354 g/mol. The molecule has 0 radical (unpaired) electrons. The summed E-state index contributed by atoms with van der Waals surface area (Å²) in [6.07, 6.45) is 0. The molecule has 0 amide bonds. The summed E-state index contributed by atoms with van der Waals surface area (Å²) in [5.74, 6) is 1.31. The molecular weight excluding hydrogens is 338 g/mol. The SMILES string of the molecule is Cc1c(Cl)cccc1S(=O)(=O)NCc1ccc2c(c1)OCCO2. The second kappa shape index (κ2) is 6.39. The highest BCUT2D eigenvalue weighted by molar-refractivity contribution is 7.89. The first-order chi connectivity index (χ1) is 11.0. The molecule has 0 spiro atoms.